The highest BCUT2D eigenvalue weighted by Crippen LogP contribution is 2.17. The standard InChI is InChI=1S/C25H31N5O/c1-26-25(28-16-24-27-13-15-29(24)17-21-8-4-2-5-9-21)30-14-12-23(18-30)20-31-19-22-10-6-3-7-11-22/h2-11,13,15,23H,12,14,16-20H2,1H3,(H,26,28). The fourth-order valence-corrected chi connectivity index (χ4v) is 4.00. The number of aliphatic imine (C=N–C) groups is 1. The van der Waals surface area contributed by atoms with Crippen LogP contribution in [-0.4, -0.2) is 47.2 Å². The summed E-state index contributed by atoms with van der Waals surface area (Å²) in [6.45, 7) is 4.89. The van der Waals surface area contributed by atoms with E-state index in [9.17, 15) is 0 Å². The van der Waals surface area contributed by atoms with Crippen molar-refractivity contribution in [3.63, 3.8) is 0 Å². The van der Waals surface area contributed by atoms with E-state index in [0.29, 0.717) is 19.1 Å². The molecule has 31 heavy (non-hydrogen) atoms. The molecule has 0 amide bonds. The lowest BCUT2D eigenvalue weighted by molar-refractivity contribution is 0.0906. The molecule has 1 aliphatic heterocycles. The van der Waals surface area contributed by atoms with Crippen LogP contribution in [0.5, 0.6) is 0 Å². The Morgan fingerprint density at radius 3 is 2.58 bits per heavy atom. The Balaban J connectivity index is 1.24. The highest BCUT2D eigenvalue weighted by Gasteiger charge is 2.25. The van der Waals surface area contributed by atoms with Gasteiger partial charge in [-0.15, -0.1) is 0 Å². The molecule has 0 radical (unpaired) electrons. The predicted molar refractivity (Wildman–Crippen MR) is 124 cm³/mol. The molecule has 2 heterocycles. The van der Waals surface area contributed by atoms with Crippen LogP contribution in [0.25, 0.3) is 0 Å². The fraction of sp³-hybridized carbons (Fsp3) is 0.360. The van der Waals surface area contributed by atoms with Gasteiger partial charge in [-0.05, 0) is 17.5 Å². The van der Waals surface area contributed by atoms with Crippen molar-refractivity contribution >= 4 is 5.96 Å². The molecule has 1 saturated heterocycles. The van der Waals surface area contributed by atoms with E-state index in [4.69, 9.17) is 4.74 Å². The average molecular weight is 418 g/mol. The largest absolute Gasteiger partial charge is 0.376 e. The zero-order chi connectivity index (χ0) is 21.3. The summed E-state index contributed by atoms with van der Waals surface area (Å²) in [4.78, 5) is 11.4. The molecule has 162 valence electrons. The van der Waals surface area contributed by atoms with Crippen LogP contribution in [0.4, 0.5) is 0 Å². The van der Waals surface area contributed by atoms with Crippen LogP contribution in [-0.2, 0) is 24.4 Å². The van der Waals surface area contributed by atoms with Crippen LogP contribution >= 0.6 is 0 Å². The van der Waals surface area contributed by atoms with Gasteiger partial charge in [0.1, 0.15) is 5.82 Å². The number of aromatic nitrogens is 2. The van der Waals surface area contributed by atoms with Gasteiger partial charge in [0.15, 0.2) is 5.96 Å². The molecular weight excluding hydrogens is 386 g/mol. The van der Waals surface area contributed by atoms with Crippen molar-refractivity contribution in [1.29, 1.82) is 0 Å². The SMILES string of the molecule is CN=C(NCc1nccn1Cc1ccccc1)N1CCC(COCc2ccccc2)C1. The molecule has 1 unspecified atom stereocenters. The Morgan fingerprint density at radius 2 is 1.84 bits per heavy atom. The number of hydrogen-bond acceptors (Lipinski definition) is 3. The first kappa shape index (κ1) is 21.1. The van der Waals surface area contributed by atoms with Gasteiger partial charge in [0.2, 0.25) is 0 Å². The number of hydrogen-bond donors (Lipinski definition) is 1. The zero-order valence-electron chi connectivity index (χ0n) is 18.2. The minimum Gasteiger partial charge on any atom is -0.376 e. The van der Waals surface area contributed by atoms with E-state index in [0.717, 1.165) is 44.4 Å². The quantitative estimate of drug-likeness (QED) is 0.450. The topological polar surface area (TPSA) is 54.7 Å². The normalized spacial score (nSPS) is 16.6. The molecule has 1 N–H and O–H groups in total. The van der Waals surface area contributed by atoms with E-state index in [1.165, 1.54) is 11.1 Å². The zero-order valence-corrected chi connectivity index (χ0v) is 18.2. The molecule has 1 atom stereocenters. The van der Waals surface area contributed by atoms with Crippen molar-refractivity contribution in [2.45, 2.75) is 26.1 Å². The van der Waals surface area contributed by atoms with Gasteiger partial charge in [0.05, 0.1) is 19.8 Å². The van der Waals surface area contributed by atoms with Crippen LogP contribution in [0, 0.1) is 5.92 Å². The van der Waals surface area contributed by atoms with E-state index in [2.05, 4.69) is 73.3 Å². The minimum absolute atomic E-state index is 0.530. The average Bonchev–Trinajstić information content (AvgIpc) is 3.46. The summed E-state index contributed by atoms with van der Waals surface area (Å²) in [7, 11) is 1.85. The number of likely N-dealkylation sites (tertiary alicyclic amines) is 1. The molecule has 1 aliphatic rings. The van der Waals surface area contributed by atoms with Crippen molar-refractivity contribution in [2.24, 2.45) is 10.9 Å². The molecule has 1 aromatic heterocycles. The molecule has 2 aromatic carbocycles. The van der Waals surface area contributed by atoms with Gasteiger partial charge in [-0.2, -0.15) is 0 Å². The number of benzene rings is 2. The summed E-state index contributed by atoms with van der Waals surface area (Å²) in [5.74, 6) is 2.47. The Labute approximate surface area is 184 Å². The van der Waals surface area contributed by atoms with Crippen molar-refractivity contribution in [3.05, 3.63) is 90.0 Å². The number of ether oxygens (including phenoxy) is 1. The lowest BCUT2D eigenvalue weighted by atomic mass is 10.1. The number of nitrogens with one attached hydrogen (secondary N) is 1. The second-order valence-electron chi connectivity index (χ2n) is 7.96. The highest BCUT2D eigenvalue weighted by molar-refractivity contribution is 5.80. The Morgan fingerprint density at radius 1 is 1.10 bits per heavy atom. The maximum Gasteiger partial charge on any atom is 0.194 e. The fourth-order valence-electron chi connectivity index (χ4n) is 4.00. The van der Waals surface area contributed by atoms with E-state index in [-0.39, 0.29) is 0 Å². The van der Waals surface area contributed by atoms with Crippen LogP contribution < -0.4 is 5.32 Å². The molecule has 6 heteroatoms. The smallest absolute Gasteiger partial charge is 0.194 e. The summed E-state index contributed by atoms with van der Waals surface area (Å²) in [5, 5.41) is 3.49. The lowest BCUT2D eigenvalue weighted by Crippen LogP contribution is -2.40. The molecule has 1 fully saturated rings. The van der Waals surface area contributed by atoms with Gasteiger partial charge in [0.25, 0.3) is 0 Å². The summed E-state index contributed by atoms with van der Waals surface area (Å²) >= 11 is 0. The van der Waals surface area contributed by atoms with Gasteiger partial charge < -0.3 is 19.5 Å². The van der Waals surface area contributed by atoms with Crippen LogP contribution in [0.1, 0.15) is 23.4 Å². The van der Waals surface area contributed by atoms with Crippen molar-refractivity contribution in [3.8, 4) is 0 Å². The highest BCUT2D eigenvalue weighted by atomic mass is 16.5. The Kier molecular flexibility index (Phi) is 7.34. The molecule has 4 rings (SSSR count). The molecule has 0 spiro atoms. The summed E-state index contributed by atoms with van der Waals surface area (Å²) in [5.41, 5.74) is 2.49. The lowest BCUT2D eigenvalue weighted by Gasteiger charge is -2.22. The second kappa shape index (κ2) is 10.8. The molecule has 3 aromatic rings. The summed E-state index contributed by atoms with van der Waals surface area (Å²) < 4.78 is 8.14. The van der Waals surface area contributed by atoms with Gasteiger partial charge in [0, 0.05) is 45.0 Å². The van der Waals surface area contributed by atoms with E-state index < -0.39 is 0 Å². The first-order valence-electron chi connectivity index (χ1n) is 10.9. The van der Waals surface area contributed by atoms with Crippen molar-refractivity contribution < 1.29 is 4.74 Å². The number of imidazole rings is 1. The number of nitrogens with zero attached hydrogens (tertiary/aromatic N) is 4. The third-order valence-corrected chi connectivity index (χ3v) is 5.66. The maximum atomic E-state index is 5.96. The van der Waals surface area contributed by atoms with E-state index in [1.807, 2.05) is 31.6 Å². The third-order valence-electron chi connectivity index (χ3n) is 5.66. The predicted octanol–water partition coefficient (Wildman–Crippen LogP) is 3.55. The Hall–Kier alpha value is -3.12. The maximum absolute atomic E-state index is 5.96. The summed E-state index contributed by atoms with van der Waals surface area (Å²) in [6.07, 6.45) is 5.01. The molecular formula is C25H31N5O. The first-order chi connectivity index (χ1) is 15.3. The second-order valence-corrected chi connectivity index (χ2v) is 7.96. The van der Waals surface area contributed by atoms with Gasteiger partial charge in [-0.25, -0.2) is 4.98 Å². The molecule has 0 aliphatic carbocycles. The van der Waals surface area contributed by atoms with Crippen molar-refractivity contribution in [1.82, 2.24) is 19.8 Å². The minimum atomic E-state index is 0.530. The first-order valence-corrected chi connectivity index (χ1v) is 10.9. The molecule has 0 bridgehead atoms. The van der Waals surface area contributed by atoms with E-state index >= 15 is 0 Å². The third kappa shape index (κ3) is 5.95. The monoisotopic (exact) mass is 417 g/mol. The van der Waals surface area contributed by atoms with Crippen molar-refractivity contribution in [2.75, 3.05) is 26.7 Å². The van der Waals surface area contributed by atoms with Crippen LogP contribution in [0.15, 0.2) is 78.0 Å². The van der Waals surface area contributed by atoms with Crippen LogP contribution in [0.2, 0.25) is 0 Å². The van der Waals surface area contributed by atoms with Gasteiger partial charge in [-0.1, -0.05) is 60.7 Å². The molecule has 6 nitrogen and oxygen atoms in total. The van der Waals surface area contributed by atoms with Crippen LogP contribution in [0.3, 0.4) is 0 Å². The molecule has 0 saturated carbocycles. The number of rotatable bonds is 8. The summed E-state index contributed by atoms with van der Waals surface area (Å²) in [6, 6.07) is 20.8. The number of guanidine groups is 1. The van der Waals surface area contributed by atoms with Gasteiger partial charge >= 0.3 is 0 Å². The van der Waals surface area contributed by atoms with E-state index in [1.54, 1.807) is 0 Å². The Bertz CT molecular complexity index is 954. The van der Waals surface area contributed by atoms with Gasteiger partial charge in [-0.3, -0.25) is 4.99 Å².